The van der Waals surface area contributed by atoms with Crippen molar-refractivity contribution in [2.45, 2.75) is 26.5 Å². The maximum Gasteiger partial charge on any atom is 0.0717 e. The molecule has 13 heavy (non-hydrogen) atoms. The summed E-state index contributed by atoms with van der Waals surface area (Å²) < 4.78 is 5.40. The third-order valence-electron chi connectivity index (χ3n) is 1.77. The van der Waals surface area contributed by atoms with Gasteiger partial charge in [0.05, 0.1) is 13.2 Å². The molecule has 0 saturated heterocycles. The second-order valence-corrected chi connectivity index (χ2v) is 3.48. The number of nitrogens with two attached hydrogens (primary N) is 1. The molecule has 2 heteroatoms. The Bertz CT molecular complexity index is 241. The summed E-state index contributed by atoms with van der Waals surface area (Å²) in [6.07, 6.45) is 0. The predicted octanol–water partition coefficient (Wildman–Crippen LogP) is 1.86. The van der Waals surface area contributed by atoms with Crippen LogP contribution in [0.3, 0.4) is 0 Å². The van der Waals surface area contributed by atoms with Crippen LogP contribution in [0, 0.1) is 6.92 Å². The van der Waals surface area contributed by atoms with Crippen LogP contribution in [-0.2, 0) is 11.3 Å². The molecule has 2 N–H and O–H groups in total. The van der Waals surface area contributed by atoms with E-state index in [1.165, 1.54) is 11.1 Å². The Kier molecular flexibility index (Phi) is 3.93. The molecule has 1 aromatic rings. The van der Waals surface area contributed by atoms with Crippen LogP contribution < -0.4 is 5.73 Å². The summed E-state index contributed by atoms with van der Waals surface area (Å²) in [5.41, 5.74) is 8.03. The van der Waals surface area contributed by atoms with Gasteiger partial charge < -0.3 is 10.5 Å². The normalized spacial score (nSPS) is 12.8. The third-order valence-corrected chi connectivity index (χ3v) is 1.77. The van der Waals surface area contributed by atoms with E-state index in [0.717, 1.165) is 0 Å². The highest BCUT2D eigenvalue weighted by Gasteiger charge is 1.95. The summed E-state index contributed by atoms with van der Waals surface area (Å²) in [5, 5.41) is 0. The van der Waals surface area contributed by atoms with E-state index in [-0.39, 0.29) is 6.04 Å². The van der Waals surface area contributed by atoms with Gasteiger partial charge in [-0.1, -0.05) is 29.8 Å². The van der Waals surface area contributed by atoms with Crippen molar-refractivity contribution >= 4 is 0 Å². The number of rotatable bonds is 4. The van der Waals surface area contributed by atoms with Gasteiger partial charge in [0.1, 0.15) is 0 Å². The Hall–Kier alpha value is -0.860. The van der Waals surface area contributed by atoms with Gasteiger partial charge in [-0.15, -0.1) is 0 Å². The summed E-state index contributed by atoms with van der Waals surface area (Å²) in [6.45, 7) is 5.29. The van der Waals surface area contributed by atoms with Gasteiger partial charge in [-0.2, -0.15) is 0 Å². The summed E-state index contributed by atoms with van der Waals surface area (Å²) in [6, 6.07) is 8.45. The Morgan fingerprint density at radius 2 is 1.92 bits per heavy atom. The maximum atomic E-state index is 5.56. The SMILES string of the molecule is Cc1ccc(COC[C@@H](C)N)cc1. The minimum atomic E-state index is 0.116. The first kappa shape index (κ1) is 10.2. The molecule has 2 nitrogen and oxygen atoms in total. The minimum absolute atomic E-state index is 0.116. The van der Waals surface area contributed by atoms with E-state index >= 15 is 0 Å². The highest BCUT2D eigenvalue weighted by Crippen LogP contribution is 2.04. The molecule has 0 aliphatic carbocycles. The Morgan fingerprint density at radius 1 is 1.31 bits per heavy atom. The lowest BCUT2D eigenvalue weighted by Crippen LogP contribution is -2.21. The van der Waals surface area contributed by atoms with Gasteiger partial charge in [0, 0.05) is 6.04 Å². The molecule has 0 unspecified atom stereocenters. The first-order chi connectivity index (χ1) is 6.18. The molecule has 1 aromatic carbocycles. The second-order valence-electron chi connectivity index (χ2n) is 3.48. The van der Waals surface area contributed by atoms with Gasteiger partial charge in [-0.05, 0) is 19.4 Å². The van der Waals surface area contributed by atoms with Crippen LogP contribution >= 0.6 is 0 Å². The van der Waals surface area contributed by atoms with E-state index in [2.05, 4.69) is 31.2 Å². The highest BCUT2D eigenvalue weighted by molar-refractivity contribution is 5.20. The molecule has 0 heterocycles. The zero-order valence-corrected chi connectivity index (χ0v) is 8.29. The molecule has 0 bridgehead atoms. The standard InChI is InChI=1S/C11H17NO/c1-9-3-5-11(6-4-9)8-13-7-10(2)12/h3-6,10H,7-8,12H2,1-2H3/t10-/m1/s1. The van der Waals surface area contributed by atoms with Crippen LogP contribution in [0.4, 0.5) is 0 Å². The summed E-state index contributed by atoms with van der Waals surface area (Å²) >= 11 is 0. The second kappa shape index (κ2) is 5.00. The molecular weight excluding hydrogens is 162 g/mol. The molecule has 1 atom stereocenters. The van der Waals surface area contributed by atoms with Crippen molar-refractivity contribution in [3.05, 3.63) is 35.4 Å². The first-order valence-electron chi connectivity index (χ1n) is 4.57. The first-order valence-corrected chi connectivity index (χ1v) is 4.57. The molecule has 0 aliphatic heterocycles. The van der Waals surface area contributed by atoms with Crippen molar-refractivity contribution in [1.82, 2.24) is 0 Å². The van der Waals surface area contributed by atoms with Gasteiger partial charge >= 0.3 is 0 Å². The lowest BCUT2D eigenvalue weighted by Gasteiger charge is -2.06. The average Bonchev–Trinajstić information content (AvgIpc) is 2.08. The molecule has 0 aliphatic rings. The fourth-order valence-electron chi connectivity index (χ4n) is 1.05. The molecule has 72 valence electrons. The zero-order chi connectivity index (χ0) is 9.68. The van der Waals surface area contributed by atoms with E-state index in [4.69, 9.17) is 10.5 Å². The lowest BCUT2D eigenvalue weighted by molar-refractivity contribution is 0.111. The summed E-state index contributed by atoms with van der Waals surface area (Å²) in [4.78, 5) is 0. The van der Waals surface area contributed by atoms with Gasteiger partial charge in [0.2, 0.25) is 0 Å². The molecule has 0 aromatic heterocycles. The van der Waals surface area contributed by atoms with Crippen molar-refractivity contribution in [2.75, 3.05) is 6.61 Å². The van der Waals surface area contributed by atoms with Crippen LogP contribution in [0.5, 0.6) is 0 Å². The quantitative estimate of drug-likeness (QED) is 0.765. The van der Waals surface area contributed by atoms with Crippen molar-refractivity contribution in [2.24, 2.45) is 5.73 Å². The van der Waals surface area contributed by atoms with Crippen LogP contribution in [0.1, 0.15) is 18.1 Å². The topological polar surface area (TPSA) is 35.2 Å². The summed E-state index contributed by atoms with van der Waals surface area (Å²) in [7, 11) is 0. The van der Waals surface area contributed by atoms with E-state index in [1.807, 2.05) is 6.92 Å². The third kappa shape index (κ3) is 4.06. The van der Waals surface area contributed by atoms with Crippen molar-refractivity contribution < 1.29 is 4.74 Å². The number of hydrogen-bond acceptors (Lipinski definition) is 2. The fourth-order valence-corrected chi connectivity index (χ4v) is 1.05. The zero-order valence-electron chi connectivity index (χ0n) is 8.29. The fraction of sp³-hybridized carbons (Fsp3) is 0.455. The smallest absolute Gasteiger partial charge is 0.0717 e. The highest BCUT2D eigenvalue weighted by atomic mass is 16.5. The van der Waals surface area contributed by atoms with Crippen LogP contribution in [-0.4, -0.2) is 12.6 Å². The van der Waals surface area contributed by atoms with Crippen molar-refractivity contribution in [3.8, 4) is 0 Å². The molecular formula is C11H17NO. The predicted molar refractivity (Wildman–Crippen MR) is 54.5 cm³/mol. The van der Waals surface area contributed by atoms with Crippen LogP contribution in [0.25, 0.3) is 0 Å². The minimum Gasteiger partial charge on any atom is -0.375 e. The monoisotopic (exact) mass is 179 g/mol. The average molecular weight is 179 g/mol. The van der Waals surface area contributed by atoms with Crippen LogP contribution in [0.15, 0.2) is 24.3 Å². The van der Waals surface area contributed by atoms with E-state index < -0.39 is 0 Å². The molecule has 0 radical (unpaired) electrons. The molecule has 1 rings (SSSR count). The Balaban J connectivity index is 2.33. The maximum absolute atomic E-state index is 5.56. The molecule has 0 spiro atoms. The molecule has 0 saturated carbocycles. The summed E-state index contributed by atoms with van der Waals surface area (Å²) in [5.74, 6) is 0. The van der Waals surface area contributed by atoms with Gasteiger partial charge in [0.25, 0.3) is 0 Å². The van der Waals surface area contributed by atoms with E-state index in [0.29, 0.717) is 13.2 Å². The lowest BCUT2D eigenvalue weighted by atomic mass is 10.2. The number of aryl methyl sites for hydroxylation is 1. The molecule has 0 amide bonds. The number of hydrogen-bond donors (Lipinski definition) is 1. The number of ether oxygens (including phenoxy) is 1. The Labute approximate surface area is 79.7 Å². The van der Waals surface area contributed by atoms with Crippen molar-refractivity contribution in [3.63, 3.8) is 0 Å². The Morgan fingerprint density at radius 3 is 2.46 bits per heavy atom. The largest absolute Gasteiger partial charge is 0.375 e. The molecule has 0 fully saturated rings. The van der Waals surface area contributed by atoms with Crippen molar-refractivity contribution in [1.29, 1.82) is 0 Å². The van der Waals surface area contributed by atoms with E-state index in [1.54, 1.807) is 0 Å². The van der Waals surface area contributed by atoms with Gasteiger partial charge in [0.15, 0.2) is 0 Å². The van der Waals surface area contributed by atoms with E-state index in [9.17, 15) is 0 Å². The van der Waals surface area contributed by atoms with Gasteiger partial charge in [-0.3, -0.25) is 0 Å². The van der Waals surface area contributed by atoms with Crippen LogP contribution in [0.2, 0.25) is 0 Å². The number of benzene rings is 1. The van der Waals surface area contributed by atoms with Gasteiger partial charge in [-0.25, -0.2) is 0 Å².